The van der Waals surface area contributed by atoms with Crippen molar-refractivity contribution in [2.24, 2.45) is 0 Å². The van der Waals surface area contributed by atoms with Gasteiger partial charge in [0.2, 0.25) is 0 Å². The number of esters is 4. The van der Waals surface area contributed by atoms with Crippen LogP contribution in [0.4, 0.5) is 0 Å². The fraction of sp³-hybridized carbons (Fsp3) is 0.949. The Kier molecular flexibility index (Phi) is 36.1. The molecule has 4 atom stereocenters. The van der Waals surface area contributed by atoms with Crippen LogP contribution < -0.4 is 0 Å². The smallest absolute Gasteiger partial charge is 0.306 e. The highest BCUT2D eigenvalue weighted by Gasteiger charge is 2.52. The molecule has 0 amide bonds. The molecule has 4 unspecified atom stereocenters. The van der Waals surface area contributed by atoms with E-state index in [-0.39, 0.29) is 130 Å². The third-order valence-electron chi connectivity index (χ3n) is 20.3. The van der Waals surface area contributed by atoms with E-state index in [1.54, 1.807) is 0 Å². The van der Waals surface area contributed by atoms with Crippen LogP contribution in [0.2, 0.25) is 0 Å². The first-order chi connectivity index (χ1) is 43.8. The normalized spacial score (nSPS) is 22.9. The number of carbonyl (C=O) groups excluding carboxylic acids is 4. The lowest BCUT2D eigenvalue weighted by Gasteiger charge is -2.54. The summed E-state index contributed by atoms with van der Waals surface area (Å²) in [5.74, 6) is -0.857. The maximum Gasteiger partial charge on any atom is 0.306 e. The second-order valence-corrected chi connectivity index (χ2v) is 34.0. The van der Waals surface area contributed by atoms with E-state index in [0.29, 0.717) is 38.5 Å². The van der Waals surface area contributed by atoms with E-state index in [1.807, 2.05) is 0 Å². The standard InChI is InChI=1S/C42H80N2O6.C36H68N2O6/c1-13-17-25-33(15-3)49-43-39(5,6)29-35(30-40(43,7)8)47-37(45)27-23-21-19-20-22-24-28-38(46)48-36-31-41(9,10)44(42(11,12)32-36)50-34(16-4)26-18-14-2;1-13-17-19-27(15-3)43-37-33(5,6)23-29(24-34(37,7)8)41-31(39)21-22-32(40)42-30-25-35(9,10)38(36(11,12)26-30)44-28(16-4)20-18-14-2/h33-36H,13-32H2,1-12H3;27-30H,13-26H2,1-12H3. The lowest BCUT2D eigenvalue weighted by molar-refractivity contribution is -0.316. The van der Waals surface area contributed by atoms with Crippen LogP contribution in [-0.2, 0) is 57.5 Å². The van der Waals surface area contributed by atoms with Crippen LogP contribution in [0.25, 0.3) is 0 Å². The van der Waals surface area contributed by atoms with Crippen molar-refractivity contribution in [3.05, 3.63) is 0 Å². The second-order valence-electron chi connectivity index (χ2n) is 34.0. The van der Waals surface area contributed by atoms with Crippen LogP contribution >= 0.6 is 0 Å². The molecule has 16 nitrogen and oxygen atoms in total. The van der Waals surface area contributed by atoms with Gasteiger partial charge in [0.25, 0.3) is 0 Å². The third kappa shape index (κ3) is 28.3. The van der Waals surface area contributed by atoms with Gasteiger partial charge in [-0.25, -0.2) is 0 Å². The first-order valence-electron chi connectivity index (χ1n) is 38.5. The molecule has 0 spiro atoms. The SMILES string of the molecule is CCCCC(CC)ON1C(C)(C)CC(OC(=O)CCC(=O)OC2CC(C)(C)N(OC(CC)CCCC)C(C)(C)C2)CC1(C)C.CCCCC(CC)ON1C(C)(C)CC(OC(=O)CCCCCCCCC(=O)OC2CC(C)(C)N(OC(CC)CCCC)C(C)(C)C2)CC1(C)C. The number of unbranched alkanes of at least 4 members (excludes halogenated alkanes) is 9. The van der Waals surface area contributed by atoms with E-state index in [9.17, 15) is 19.2 Å². The van der Waals surface area contributed by atoms with Gasteiger partial charge in [0.1, 0.15) is 24.4 Å². The molecule has 552 valence electrons. The average Bonchev–Trinajstić information content (AvgIpc) is 0.799. The predicted octanol–water partition coefficient (Wildman–Crippen LogP) is 19.7. The zero-order valence-corrected chi connectivity index (χ0v) is 65.3. The molecule has 0 aromatic carbocycles. The van der Waals surface area contributed by atoms with Crippen molar-refractivity contribution >= 4 is 23.9 Å². The summed E-state index contributed by atoms with van der Waals surface area (Å²) in [7, 11) is 0. The fourth-order valence-corrected chi connectivity index (χ4v) is 16.2. The van der Waals surface area contributed by atoms with Crippen molar-refractivity contribution in [3.8, 4) is 0 Å². The molecule has 16 heteroatoms. The van der Waals surface area contributed by atoms with Crippen LogP contribution in [0, 0.1) is 0 Å². The Bertz CT molecular complexity index is 1970. The van der Waals surface area contributed by atoms with Crippen molar-refractivity contribution in [1.29, 1.82) is 0 Å². The van der Waals surface area contributed by atoms with E-state index in [0.717, 1.165) is 141 Å². The van der Waals surface area contributed by atoms with E-state index in [4.69, 9.17) is 38.3 Å². The van der Waals surface area contributed by atoms with Crippen molar-refractivity contribution in [2.75, 3.05) is 0 Å². The Morgan fingerprint density at radius 2 is 0.447 bits per heavy atom. The monoisotopic (exact) mass is 1330 g/mol. The molecule has 0 radical (unpaired) electrons. The summed E-state index contributed by atoms with van der Waals surface area (Å²) in [4.78, 5) is 77.8. The fourth-order valence-electron chi connectivity index (χ4n) is 16.2. The lowest BCUT2D eigenvalue weighted by atomic mass is 9.80. The number of hydrogen-bond acceptors (Lipinski definition) is 16. The van der Waals surface area contributed by atoms with Crippen LogP contribution in [0.1, 0.15) is 384 Å². The minimum absolute atomic E-state index is 0.0235. The van der Waals surface area contributed by atoms with Crippen molar-refractivity contribution < 1.29 is 57.5 Å². The quantitative estimate of drug-likeness (QED) is 0.0324. The van der Waals surface area contributed by atoms with E-state index in [2.05, 4.69) is 186 Å². The summed E-state index contributed by atoms with van der Waals surface area (Å²) >= 11 is 0. The van der Waals surface area contributed by atoms with Crippen molar-refractivity contribution in [1.82, 2.24) is 20.3 Å². The number of rotatable bonds is 40. The van der Waals surface area contributed by atoms with Crippen molar-refractivity contribution in [3.63, 3.8) is 0 Å². The summed E-state index contributed by atoms with van der Waals surface area (Å²) in [6, 6.07) is 0. The Morgan fingerprint density at radius 3 is 0.617 bits per heavy atom. The Balaban J connectivity index is 0.000000494. The van der Waals surface area contributed by atoms with Crippen LogP contribution in [0.15, 0.2) is 0 Å². The molecule has 4 aliphatic rings. The Morgan fingerprint density at radius 1 is 0.277 bits per heavy atom. The Hall–Kier alpha value is -2.44. The molecule has 0 aromatic heterocycles. The minimum atomic E-state index is -0.344. The Labute approximate surface area is 576 Å². The third-order valence-corrected chi connectivity index (χ3v) is 20.3. The van der Waals surface area contributed by atoms with E-state index < -0.39 is 0 Å². The maximum atomic E-state index is 12.9. The average molecular weight is 1330 g/mol. The highest BCUT2D eigenvalue weighted by atomic mass is 16.7. The molecule has 4 fully saturated rings. The molecule has 94 heavy (non-hydrogen) atoms. The van der Waals surface area contributed by atoms with E-state index in [1.165, 1.54) is 25.7 Å². The number of ether oxygens (including phenoxy) is 4. The van der Waals surface area contributed by atoms with Gasteiger partial charge in [0, 0.05) is 109 Å². The van der Waals surface area contributed by atoms with Gasteiger partial charge in [-0.2, -0.15) is 20.3 Å². The van der Waals surface area contributed by atoms with Crippen LogP contribution in [-0.4, -0.2) is 137 Å². The molecular formula is C78H148N4O12. The van der Waals surface area contributed by atoms with Gasteiger partial charge in [-0.3, -0.25) is 38.5 Å². The molecule has 4 heterocycles. The summed E-state index contributed by atoms with van der Waals surface area (Å²) in [6.07, 6.45) is 30.3. The summed E-state index contributed by atoms with van der Waals surface area (Å²) in [5, 5.41) is 8.70. The number of piperidine rings is 4. The van der Waals surface area contributed by atoms with Crippen LogP contribution in [0.5, 0.6) is 0 Å². The zero-order valence-electron chi connectivity index (χ0n) is 65.3. The number of hydrogen-bond donors (Lipinski definition) is 0. The van der Waals surface area contributed by atoms with Crippen LogP contribution in [0.3, 0.4) is 0 Å². The molecule has 4 rings (SSSR count). The molecule has 0 N–H and O–H groups in total. The van der Waals surface area contributed by atoms with Gasteiger partial charge in [0.05, 0.1) is 37.3 Å². The van der Waals surface area contributed by atoms with Crippen molar-refractivity contribution in [2.45, 2.75) is 478 Å². The first kappa shape index (κ1) is 85.8. The highest BCUT2D eigenvalue weighted by Crippen LogP contribution is 2.45. The maximum absolute atomic E-state index is 12.9. The lowest BCUT2D eigenvalue weighted by Crippen LogP contribution is -2.63. The van der Waals surface area contributed by atoms with Gasteiger partial charge >= 0.3 is 23.9 Å². The van der Waals surface area contributed by atoms with E-state index >= 15 is 0 Å². The molecular weight excluding hydrogens is 1180 g/mol. The summed E-state index contributed by atoms with van der Waals surface area (Å²) in [5.41, 5.74) is -2.05. The summed E-state index contributed by atoms with van der Waals surface area (Å²) in [6.45, 7) is 52.5. The van der Waals surface area contributed by atoms with Gasteiger partial charge in [-0.1, -0.05) is 132 Å². The molecule has 4 saturated heterocycles. The number of carbonyl (C=O) groups is 4. The zero-order chi connectivity index (χ0) is 70.9. The predicted molar refractivity (Wildman–Crippen MR) is 381 cm³/mol. The second kappa shape index (κ2) is 39.5. The molecule has 0 aliphatic carbocycles. The molecule has 0 saturated carbocycles. The van der Waals surface area contributed by atoms with Gasteiger partial charge in [-0.15, -0.1) is 0 Å². The largest absolute Gasteiger partial charge is 0.462 e. The van der Waals surface area contributed by atoms with Gasteiger partial charge < -0.3 is 18.9 Å². The summed E-state index contributed by atoms with van der Waals surface area (Å²) < 4.78 is 24.0. The molecule has 0 aromatic rings. The molecule has 0 bridgehead atoms. The first-order valence-corrected chi connectivity index (χ1v) is 38.5. The number of nitrogens with zero attached hydrogens (tertiary/aromatic N) is 4. The van der Waals surface area contributed by atoms with Gasteiger partial charge in [0.15, 0.2) is 0 Å². The van der Waals surface area contributed by atoms with Gasteiger partial charge in [-0.05, 0) is 175 Å². The highest BCUT2D eigenvalue weighted by molar-refractivity contribution is 5.78. The molecule has 4 aliphatic heterocycles. The number of hydroxylamine groups is 8. The minimum Gasteiger partial charge on any atom is -0.462 e. The topological polar surface area (TPSA) is 155 Å².